The van der Waals surface area contributed by atoms with Crippen LogP contribution in [0, 0.1) is 11.8 Å². The van der Waals surface area contributed by atoms with Gasteiger partial charge in [0.25, 0.3) is 0 Å². The van der Waals surface area contributed by atoms with E-state index in [0.29, 0.717) is 0 Å². The number of fused-ring (bicyclic) bond motifs is 2. The lowest BCUT2D eigenvalue weighted by Gasteiger charge is -2.23. The molecule has 0 radical (unpaired) electrons. The topological polar surface area (TPSA) is 3.24 Å². The average molecular weight is 217 g/mol. The normalized spacial score (nSPS) is 12.6. The fourth-order valence-corrected chi connectivity index (χ4v) is 2.17. The van der Waals surface area contributed by atoms with E-state index in [9.17, 15) is 0 Å². The highest BCUT2D eigenvalue weighted by molar-refractivity contribution is 6.18. The van der Waals surface area contributed by atoms with Crippen LogP contribution in [0.15, 0.2) is 48.5 Å². The average Bonchev–Trinajstić information content (AvgIpc) is 2.36. The largest absolute Gasteiger partial charge is 0.417 e. The van der Waals surface area contributed by atoms with Gasteiger partial charge in [-0.25, -0.2) is 0 Å². The van der Waals surface area contributed by atoms with E-state index < -0.39 is 0 Å². The van der Waals surface area contributed by atoms with Crippen molar-refractivity contribution < 1.29 is 0 Å². The van der Waals surface area contributed by atoms with Crippen molar-refractivity contribution in [1.82, 2.24) is 0 Å². The molecule has 80 valence electrons. The summed E-state index contributed by atoms with van der Waals surface area (Å²) in [5, 5.41) is 0. The molecule has 17 heavy (non-hydrogen) atoms. The van der Waals surface area contributed by atoms with Gasteiger partial charge in [-0.15, -0.1) is 0 Å². The second-order valence-electron chi connectivity index (χ2n) is 4.28. The van der Waals surface area contributed by atoms with Crippen LogP contribution in [0.5, 0.6) is 0 Å². The van der Waals surface area contributed by atoms with Crippen LogP contribution in [0.2, 0.25) is 0 Å². The van der Waals surface area contributed by atoms with Gasteiger partial charge in [-0.3, -0.25) is 0 Å². The zero-order chi connectivity index (χ0) is 11.7. The second-order valence-corrected chi connectivity index (χ2v) is 4.28. The Morgan fingerprint density at radius 2 is 1.53 bits per heavy atom. The van der Waals surface area contributed by atoms with Crippen molar-refractivity contribution in [3.63, 3.8) is 0 Å². The molecule has 0 unspecified atom stereocenters. The van der Waals surface area contributed by atoms with Crippen molar-refractivity contribution in [2.24, 2.45) is 0 Å². The zero-order valence-electron chi connectivity index (χ0n) is 9.77. The summed E-state index contributed by atoms with van der Waals surface area (Å²) < 4.78 is 0. The Hall–Kier alpha value is -2.14. The van der Waals surface area contributed by atoms with Crippen molar-refractivity contribution in [3.8, 4) is 11.8 Å². The second kappa shape index (κ2) is 4.03. The minimum absolute atomic E-state index is 0.905. The fraction of sp³-hybridized carbons (Fsp3) is 0.0667. The van der Waals surface area contributed by atoms with E-state index in [2.05, 4.69) is 61.0 Å². The van der Waals surface area contributed by atoms with E-state index >= 15 is 0 Å². The molecule has 0 spiro atoms. The fourth-order valence-electron chi connectivity index (χ4n) is 2.17. The third-order valence-corrected chi connectivity index (χ3v) is 3.07. The van der Waals surface area contributed by atoms with Gasteiger partial charge in [0.05, 0.1) is 0 Å². The molecule has 1 heterocycles. The number of anilines is 1. The van der Waals surface area contributed by atoms with Crippen molar-refractivity contribution in [3.05, 3.63) is 65.2 Å². The van der Waals surface area contributed by atoms with E-state index in [-0.39, 0.29) is 0 Å². The molecule has 1 nitrogen and oxygen atoms in total. The molecule has 0 aliphatic carbocycles. The first kappa shape index (κ1) is 10.0. The predicted octanol–water partition coefficient (Wildman–Crippen LogP) is 1.95. The van der Waals surface area contributed by atoms with Gasteiger partial charge in [0, 0.05) is 23.4 Å². The Labute approximate surface area is 103 Å². The zero-order valence-corrected chi connectivity index (χ0v) is 9.77. The van der Waals surface area contributed by atoms with Gasteiger partial charge in [0.1, 0.15) is 0 Å². The van der Waals surface area contributed by atoms with E-state index in [1.54, 1.807) is 0 Å². The molecular formula is C15H12BN. The van der Waals surface area contributed by atoms with Gasteiger partial charge in [-0.2, -0.15) is 0 Å². The summed E-state index contributed by atoms with van der Waals surface area (Å²) in [6.07, 6.45) is 0. The number of benzene rings is 2. The Kier molecular flexibility index (Phi) is 2.38. The van der Waals surface area contributed by atoms with Crippen LogP contribution in [0.4, 0.5) is 5.69 Å². The summed E-state index contributed by atoms with van der Waals surface area (Å²) >= 11 is 0. The molecule has 0 bridgehead atoms. The Morgan fingerprint density at radius 3 is 2.41 bits per heavy atom. The molecule has 0 saturated carbocycles. The molecule has 0 saturated heterocycles. The number of hydrogen-bond acceptors (Lipinski definition) is 1. The number of rotatable bonds is 0. The molecule has 0 fully saturated rings. The summed E-state index contributed by atoms with van der Waals surface area (Å²) in [5.74, 6) is 6.53. The first-order chi connectivity index (χ1) is 8.34. The van der Waals surface area contributed by atoms with Gasteiger partial charge in [0.2, 0.25) is 7.98 Å². The summed E-state index contributed by atoms with van der Waals surface area (Å²) in [4.78, 5) is 2.25. The Balaban J connectivity index is 2.20. The summed E-state index contributed by atoms with van der Waals surface area (Å²) in [5.41, 5.74) is 4.73. The summed E-state index contributed by atoms with van der Waals surface area (Å²) in [6, 6.07) is 16.6. The standard InChI is InChI=1S/C15H12BN/c16-17-11-14-7-2-1-5-12(14)9-10-13-6-3-4-8-15(13)17/h1-8H,11,16H2. The predicted molar refractivity (Wildman–Crippen MR) is 73.6 cm³/mol. The molecule has 0 N–H and O–H groups in total. The van der Waals surface area contributed by atoms with Crippen LogP contribution in [0.1, 0.15) is 16.7 Å². The number of para-hydroxylation sites is 1. The lowest BCUT2D eigenvalue weighted by Crippen LogP contribution is -2.20. The molecular weight excluding hydrogens is 205 g/mol. The third kappa shape index (κ3) is 1.81. The van der Waals surface area contributed by atoms with Crippen LogP contribution in [0.3, 0.4) is 0 Å². The molecule has 0 atom stereocenters. The van der Waals surface area contributed by atoms with Crippen molar-refractivity contribution in [1.29, 1.82) is 0 Å². The Bertz CT molecular complexity index is 622. The molecule has 0 amide bonds. The maximum Gasteiger partial charge on any atom is 0.218 e. The van der Waals surface area contributed by atoms with Crippen molar-refractivity contribution >= 4 is 13.7 Å². The molecule has 3 rings (SSSR count). The molecule has 2 heteroatoms. The first-order valence-corrected chi connectivity index (χ1v) is 5.75. The van der Waals surface area contributed by atoms with Crippen LogP contribution in [-0.2, 0) is 6.54 Å². The molecule has 2 aromatic carbocycles. The molecule has 2 aromatic rings. The van der Waals surface area contributed by atoms with Gasteiger partial charge in [0.15, 0.2) is 0 Å². The van der Waals surface area contributed by atoms with Crippen LogP contribution >= 0.6 is 0 Å². The Morgan fingerprint density at radius 1 is 0.882 bits per heavy atom. The van der Waals surface area contributed by atoms with E-state index in [1.807, 2.05) is 12.1 Å². The highest BCUT2D eigenvalue weighted by Gasteiger charge is 2.09. The number of hydrogen-bond donors (Lipinski definition) is 0. The van der Waals surface area contributed by atoms with Gasteiger partial charge in [-0.1, -0.05) is 42.2 Å². The van der Waals surface area contributed by atoms with Gasteiger partial charge >= 0.3 is 0 Å². The number of nitrogens with zero attached hydrogens (tertiary/aromatic N) is 1. The quantitative estimate of drug-likeness (QED) is 0.481. The lowest BCUT2D eigenvalue weighted by molar-refractivity contribution is 1.03. The van der Waals surface area contributed by atoms with E-state index in [0.717, 1.165) is 17.7 Å². The van der Waals surface area contributed by atoms with Crippen LogP contribution in [-0.4, -0.2) is 7.98 Å². The first-order valence-electron chi connectivity index (χ1n) is 5.75. The van der Waals surface area contributed by atoms with Crippen molar-refractivity contribution in [2.75, 3.05) is 4.81 Å². The third-order valence-electron chi connectivity index (χ3n) is 3.07. The maximum absolute atomic E-state index is 3.27. The SMILES string of the molecule is BN1Cc2ccccc2C#Cc2ccccc21. The smallest absolute Gasteiger partial charge is 0.218 e. The molecule has 1 aliphatic heterocycles. The monoisotopic (exact) mass is 217 g/mol. The summed E-state index contributed by atoms with van der Waals surface area (Å²) in [7, 11) is 2.11. The maximum atomic E-state index is 3.27. The minimum Gasteiger partial charge on any atom is -0.417 e. The lowest BCUT2D eigenvalue weighted by atomic mass is 10.0. The van der Waals surface area contributed by atoms with Crippen LogP contribution in [0.25, 0.3) is 0 Å². The molecule has 0 aromatic heterocycles. The van der Waals surface area contributed by atoms with Gasteiger partial charge < -0.3 is 4.81 Å². The highest BCUT2D eigenvalue weighted by atomic mass is 15.0. The highest BCUT2D eigenvalue weighted by Crippen LogP contribution is 2.22. The van der Waals surface area contributed by atoms with Crippen molar-refractivity contribution in [2.45, 2.75) is 6.54 Å². The minimum atomic E-state index is 0.905. The van der Waals surface area contributed by atoms with Crippen LogP contribution < -0.4 is 4.81 Å². The summed E-state index contributed by atoms with van der Waals surface area (Å²) in [6.45, 7) is 0.905. The van der Waals surface area contributed by atoms with E-state index in [1.165, 1.54) is 11.3 Å². The van der Waals surface area contributed by atoms with E-state index in [4.69, 9.17) is 0 Å². The van der Waals surface area contributed by atoms with Gasteiger partial charge in [-0.05, 0) is 23.8 Å². The molecule has 1 aliphatic rings.